The summed E-state index contributed by atoms with van der Waals surface area (Å²) in [6.45, 7) is 0.0734. The Labute approximate surface area is 74.5 Å². The van der Waals surface area contributed by atoms with Crippen LogP contribution in [0.15, 0.2) is 0 Å². The highest BCUT2D eigenvalue weighted by molar-refractivity contribution is 5.85. The number of nitrogens with one attached hydrogen (secondary N) is 1. The van der Waals surface area contributed by atoms with E-state index < -0.39 is 24.4 Å². The molecule has 3 nitrogen and oxygen atoms in total. The van der Waals surface area contributed by atoms with Gasteiger partial charge in [-0.3, -0.25) is 4.79 Å². The molecule has 72 valence electrons. The van der Waals surface area contributed by atoms with Crippen molar-refractivity contribution in [3.8, 4) is 0 Å². The highest BCUT2D eigenvalue weighted by atomic mass is 35.5. The van der Waals surface area contributed by atoms with Crippen LogP contribution in [0.4, 0.5) is 8.78 Å². The van der Waals surface area contributed by atoms with Crippen molar-refractivity contribution in [2.75, 3.05) is 6.54 Å². The fourth-order valence-electron chi connectivity index (χ4n) is 1.08. The zero-order valence-corrected chi connectivity index (χ0v) is 7.03. The molecule has 0 bridgehead atoms. The van der Waals surface area contributed by atoms with Crippen molar-refractivity contribution >= 4 is 18.4 Å². The van der Waals surface area contributed by atoms with E-state index in [4.69, 9.17) is 5.11 Å². The van der Waals surface area contributed by atoms with Gasteiger partial charge in [0.25, 0.3) is 5.92 Å². The summed E-state index contributed by atoms with van der Waals surface area (Å²) in [5.41, 5.74) is 0. The van der Waals surface area contributed by atoms with Gasteiger partial charge in [-0.25, -0.2) is 8.78 Å². The minimum atomic E-state index is -2.81. The van der Waals surface area contributed by atoms with Crippen molar-refractivity contribution in [1.29, 1.82) is 0 Å². The molecule has 0 aromatic rings. The largest absolute Gasteiger partial charge is 0.480 e. The summed E-state index contributed by atoms with van der Waals surface area (Å²) in [5.74, 6) is -4.02. The maximum absolute atomic E-state index is 12.5. The highest BCUT2D eigenvalue weighted by Gasteiger charge is 2.38. The first-order valence-electron chi connectivity index (χ1n) is 3.35. The summed E-state index contributed by atoms with van der Waals surface area (Å²) in [7, 11) is 0. The second kappa shape index (κ2) is 4.00. The number of halogens is 3. The SMILES string of the molecule is Cl.O=C(O)C1CC(F)(F)CCN1. The van der Waals surface area contributed by atoms with Gasteiger partial charge in [-0.2, -0.15) is 0 Å². The van der Waals surface area contributed by atoms with Crippen LogP contribution >= 0.6 is 12.4 Å². The highest BCUT2D eigenvalue weighted by Crippen LogP contribution is 2.27. The van der Waals surface area contributed by atoms with Gasteiger partial charge in [0.1, 0.15) is 6.04 Å². The van der Waals surface area contributed by atoms with Crippen LogP contribution in [0.2, 0.25) is 0 Å². The van der Waals surface area contributed by atoms with Crippen molar-refractivity contribution in [1.82, 2.24) is 5.32 Å². The first-order valence-corrected chi connectivity index (χ1v) is 3.35. The normalized spacial score (nSPS) is 27.3. The molecule has 1 unspecified atom stereocenters. The van der Waals surface area contributed by atoms with E-state index in [2.05, 4.69) is 5.32 Å². The molecule has 1 heterocycles. The van der Waals surface area contributed by atoms with E-state index in [1.807, 2.05) is 0 Å². The molecule has 2 N–H and O–H groups in total. The molecule has 1 aliphatic heterocycles. The molecule has 0 saturated carbocycles. The zero-order chi connectivity index (χ0) is 8.48. The van der Waals surface area contributed by atoms with Crippen molar-refractivity contribution in [2.45, 2.75) is 24.8 Å². The molecule has 0 aliphatic carbocycles. The first kappa shape index (κ1) is 11.6. The van der Waals surface area contributed by atoms with Crippen molar-refractivity contribution in [3.05, 3.63) is 0 Å². The fraction of sp³-hybridized carbons (Fsp3) is 0.833. The number of carboxylic acids is 1. The van der Waals surface area contributed by atoms with Crippen molar-refractivity contribution in [3.63, 3.8) is 0 Å². The molecule has 1 atom stereocenters. The summed E-state index contributed by atoms with van der Waals surface area (Å²) in [4.78, 5) is 10.2. The summed E-state index contributed by atoms with van der Waals surface area (Å²) >= 11 is 0. The number of alkyl halides is 2. The Balaban J connectivity index is 0.00000121. The Hall–Kier alpha value is -0.420. The lowest BCUT2D eigenvalue weighted by Crippen LogP contribution is -2.47. The topological polar surface area (TPSA) is 49.3 Å². The van der Waals surface area contributed by atoms with E-state index in [-0.39, 0.29) is 25.4 Å². The maximum Gasteiger partial charge on any atom is 0.320 e. The number of hydrogen-bond acceptors (Lipinski definition) is 2. The van der Waals surface area contributed by atoms with E-state index in [9.17, 15) is 13.6 Å². The van der Waals surface area contributed by atoms with E-state index in [0.717, 1.165) is 0 Å². The molecule has 6 heteroatoms. The number of aliphatic carboxylic acids is 1. The monoisotopic (exact) mass is 201 g/mol. The summed E-state index contributed by atoms with van der Waals surface area (Å²) < 4.78 is 25.0. The molecule has 0 radical (unpaired) electrons. The summed E-state index contributed by atoms with van der Waals surface area (Å²) in [5, 5.41) is 10.9. The molecule has 1 saturated heterocycles. The van der Waals surface area contributed by atoms with E-state index in [0.29, 0.717) is 0 Å². The first-order chi connectivity index (χ1) is 5.01. The van der Waals surface area contributed by atoms with Crippen LogP contribution in [0.25, 0.3) is 0 Å². The minimum Gasteiger partial charge on any atom is -0.480 e. The quantitative estimate of drug-likeness (QED) is 0.662. The number of carboxylic acid groups (broad SMARTS) is 1. The number of rotatable bonds is 1. The second-order valence-corrected chi connectivity index (χ2v) is 2.66. The fourth-order valence-corrected chi connectivity index (χ4v) is 1.08. The Morgan fingerprint density at radius 2 is 2.17 bits per heavy atom. The third-order valence-corrected chi connectivity index (χ3v) is 1.68. The van der Waals surface area contributed by atoms with Crippen molar-refractivity contribution in [2.24, 2.45) is 0 Å². The van der Waals surface area contributed by atoms with Gasteiger partial charge in [0.2, 0.25) is 0 Å². The maximum atomic E-state index is 12.5. The zero-order valence-electron chi connectivity index (χ0n) is 6.22. The Morgan fingerprint density at radius 3 is 2.50 bits per heavy atom. The minimum absolute atomic E-state index is 0. The average molecular weight is 202 g/mol. The van der Waals surface area contributed by atoms with Crippen LogP contribution in [0, 0.1) is 0 Å². The smallest absolute Gasteiger partial charge is 0.320 e. The summed E-state index contributed by atoms with van der Waals surface area (Å²) in [6.07, 6.45) is -0.862. The van der Waals surface area contributed by atoms with E-state index in [1.54, 1.807) is 0 Å². The van der Waals surface area contributed by atoms with Gasteiger partial charge in [0, 0.05) is 19.4 Å². The molecule has 1 fully saturated rings. The molecule has 0 aromatic heterocycles. The van der Waals surface area contributed by atoms with Crippen LogP contribution < -0.4 is 5.32 Å². The van der Waals surface area contributed by atoms with Gasteiger partial charge >= 0.3 is 5.97 Å². The molecule has 0 aromatic carbocycles. The average Bonchev–Trinajstić information content (AvgIpc) is 1.85. The van der Waals surface area contributed by atoms with Crippen LogP contribution in [0.3, 0.4) is 0 Å². The van der Waals surface area contributed by atoms with E-state index >= 15 is 0 Å². The lowest BCUT2D eigenvalue weighted by molar-refractivity contribution is -0.144. The molecule has 0 spiro atoms. The van der Waals surface area contributed by atoms with Gasteiger partial charge in [-0.1, -0.05) is 0 Å². The third kappa shape index (κ3) is 2.91. The molecular weight excluding hydrogens is 192 g/mol. The van der Waals surface area contributed by atoms with Crippen LogP contribution in [-0.4, -0.2) is 29.6 Å². The van der Waals surface area contributed by atoms with Gasteiger partial charge in [0.15, 0.2) is 0 Å². The molecule has 12 heavy (non-hydrogen) atoms. The molecule has 1 aliphatic rings. The lowest BCUT2D eigenvalue weighted by Gasteiger charge is -2.27. The summed E-state index contributed by atoms with van der Waals surface area (Å²) in [6, 6.07) is -1.08. The van der Waals surface area contributed by atoms with Crippen LogP contribution in [-0.2, 0) is 4.79 Å². The standard InChI is InChI=1S/C6H9F2NO2.ClH/c7-6(8)1-2-9-4(3-6)5(10)11;/h4,9H,1-3H2,(H,10,11);1H. The number of carbonyl (C=O) groups is 1. The van der Waals surface area contributed by atoms with Gasteiger partial charge in [-0.05, 0) is 0 Å². The predicted molar refractivity (Wildman–Crippen MR) is 40.9 cm³/mol. The second-order valence-electron chi connectivity index (χ2n) is 2.66. The van der Waals surface area contributed by atoms with E-state index in [1.165, 1.54) is 0 Å². The third-order valence-electron chi connectivity index (χ3n) is 1.68. The number of piperidine rings is 1. The van der Waals surface area contributed by atoms with Gasteiger partial charge in [-0.15, -0.1) is 12.4 Å². The molecule has 0 amide bonds. The van der Waals surface area contributed by atoms with Gasteiger partial charge in [0.05, 0.1) is 0 Å². The Kier molecular flexibility index (Phi) is 3.86. The Morgan fingerprint density at radius 1 is 1.58 bits per heavy atom. The van der Waals surface area contributed by atoms with Gasteiger partial charge < -0.3 is 10.4 Å². The molecule has 1 rings (SSSR count). The van der Waals surface area contributed by atoms with Crippen LogP contribution in [0.5, 0.6) is 0 Å². The predicted octanol–water partition coefficient (Wildman–Crippen LogP) is 0.880. The van der Waals surface area contributed by atoms with Crippen LogP contribution in [0.1, 0.15) is 12.8 Å². The lowest BCUT2D eigenvalue weighted by atomic mass is 10.0. The van der Waals surface area contributed by atoms with Crippen molar-refractivity contribution < 1.29 is 18.7 Å². The molecular formula is C6H10ClF2NO2. The number of hydrogen-bond donors (Lipinski definition) is 2. The Bertz CT molecular complexity index is 177.